The first kappa shape index (κ1) is 37.2. The van der Waals surface area contributed by atoms with Gasteiger partial charge in [0.25, 0.3) is 5.91 Å². The predicted octanol–water partition coefficient (Wildman–Crippen LogP) is 2.36. The van der Waals surface area contributed by atoms with Crippen molar-refractivity contribution in [1.82, 2.24) is 26.3 Å². The molecule has 13 nitrogen and oxygen atoms in total. The fourth-order valence-corrected chi connectivity index (χ4v) is 4.77. The Morgan fingerprint density at radius 1 is 1.09 bits per heavy atom. The van der Waals surface area contributed by atoms with Gasteiger partial charge in [-0.25, -0.2) is 9.86 Å². The molecule has 1 aliphatic heterocycles. The highest BCUT2D eigenvalue weighted by atomic mass is 16.7. The summed E-state index contributed by atoms with van der Waals surface area (Å²) >= 11 is 0. The minimum absolute atomic E-state index is 0.00693. The number of likely N-dealkylation sites (N-methyl/N-ethyl adjacent to an activating group) is 1. The molecule has 1 aliphatic rings. The van der Waals surface area contributed by atoms with E-state index in [-0.39, 0.29) is 24.9 Å². The average Bonchev–Trinajstić information content (AvgIpc) is 3.39. The molecule has 4 N–H and O–H groups in total. The van der Waals surface area contributed by atoms with Crippen LogP contribution in [0, 0.1) is 5.92 Å². The van der Waals surface area contributed by atoms with Crippen LogP contribution in [0.1, 0.15) is 65.9 Å². The number of alkyl carbamates (subject to hydrolysis) is 1. The Morgan fingerprint density at radius 3 is 2.36 bits per heavy atom. The van der Waals surface area contributed by atoms with E-state index >= 15 is 0 Å². The van der Waals surface area contributed by atoms with Crippen LogP contribution in [0.4, 0.5) is 4.79 Å². The third-order valence-electron chi connectivity index (χ3n) is 7.07. The minimum atomic E-state index is -1.18. The monoisotopic (exact) mass is 631 g/mol. The van der Waals surface area contributed by atoms with E-state index in [0.29, 0.717) is 25.8 Å². The van der Waals surface area contributed by atoms with E-state index in [2.05, 4.69) is 21.3 Å². The van der Waals surface area contributed by atoms with Gasteiger partial charge >= 0.3 is 6.09 Å². The molecule has 5 atom stereocenters. The molecule has 1 saturated heterocycles. The number of amides is 5. The van der Waals surface area contributed by atoms with E-state index < -0.39 is 53.6 Å². The SMILES string of the molecule is CCC[C@H](NC(=O)[C@@H](NC(=O)OCc1ccccc1)C(C)OC(C)(C)C)C(=O)N[C@H](/C=C/C(=O)N(C)OC)CC1CCNC1=O. The van der Waals surface area contributed by atoms with Crippen molar-refractivity contribution in [2.24, 2.45) is 5.92 Å². The topological polar surface area (TPSA) is 164 Å². The van der Waals surface area contributed by atoms with E-state index in [1.165, 1.54) is 26.3 Å². The fourth-order valence-electron chi connectivity index (χ4n) is 4.77. The fraction of sp³-hybridized carbons (Fsp3) is 0.594. The third kappa shape index (κ3) is 13.3. The lowest BCUT2D eigenvalue weighted by Gasteiger charge is -2.31. The number of hydrogen-bond acceptors (Lipinski definition) is 8. The molecule has 5 amide bonds. The minimum Gasteiger partial charge on any atom is -0.445 e. The number of benzene rings is 1. The number of carbonyl (C=O) groups excluding carboxylic acids is 5. The molecule has 1 heterocycles. The normalized spacial score (nSPS) is 17.5. The van der Waals surface area contributed by atoms with Crippen molar-refractivity contribution in [3.05, 3.63) is 48.0 Å². The van der Waals surface area contributed by atoms with Crippen LogP contribution in [-0.4, -0.2) is 85.3 Å². The van der Waals surface area contributed by atoms with Crippen molar-refractivity contribution in [2.75, 3.05) is 20.7 Å². The summed E-state index contributed by atoms with van der Waals surface area (Å²) < 4.78 is 11.3. The van der Waals surface area contributed by atoms with Gasteiger partial charge in [-0.15, -0.1) is 0 Å². The van der Waals surface area contributed by atoms with Gasteiger partial charge in [0.05, 0.1) is 18.8 Å². The molecule has 1 fully saturated rings. The Balaban J connectivity index is 2.20. The number of ether oxygens (including phenoxy) is 2. The van der Waals surface area contributed by atoms with Crippen molar-refractivity contribution in [1.29, 1.82) is 0 Å². The zero-order chi connectivity index (χ0) is 33.6. The molecule has 13 heteroatoms. The second-order valence-electron chi connectivity index (χ2n) is 12.0. The Kier molecular flexibility index (Phi) is 15.0. The quantitative estimate of drug-likeness (QED) is 0.160. The molecule has 250 valence electrons. The Labute approximate surface area is 265 Å². The average molecular weight is 632 g/mol. The highest BCUT2D eigenvalue weighted by molar-refractivity contribution is 5.92. The van der Waals surface area contributed by atoms with Crippen LogP contribution in [0.5, 0.6) is 0 Å². The molecular formula is C32H49N5O8. The number of rotatable bonds is 16. The van der Waals surface area contributed by atoms with Gasteiger partial charge in [0.15, 0.2) is 0 Å². The van der Waals surface area contributed by atoms with Crippen LogP contribution in [0.15, 0.2) is 42.5 Å². The first-order valence-electron chi connectivity index (χ1n) is 15.3. The van der Waals surface area contributed by atoms with Gasteiger partial charge in [-0.1, -0.05) is 49.8 Å². The zero-order valence-corrected chi connectivity index (χ0v) is 27.4. The summed E-state index contributed by atoms with van der Waals surface area (Å²) in [4.78, 5) is 69.4. The van der Waals surface area contributed by atoms with Crippen molar-refractivity contribution in [3.63, 3.8) is 0 Å². The summed E-state index contributed by atoms with van der Waals surface area (Å²) in [6.07, 6.45) is 2.90. The number of hydroxylamine groups is 2. The van der Waals surface area contributed by atoms with Crippen LogP contribution >= 0.6 is 0 Å². The lowest BCUT2D eigenvalue weighted by atomic mass is 9.97. The van der Waals surface area contributed by atoms with E-state index in [9.17, 15) is 24.0 Å². The van der Waals surface area contributed by atoms with Gasteiger partial charge in [0.2, 0.25) is 17.7 Å². The van der Waals surface area contributed by atoms with Crippen molar-refractivity contribution < 1.29 is 38.3 Å². The second-order valence-corrected chi connectivity index (χ2v) is 12.0. The number of carbonyl (C=O) groups is 5. The van der Waals surface area contributed by atoms with Crippen LogP contribution in [0.2, 0.25) is 0 Å². The lowest BCUT2D eigenvalue weighted by Crippen LogP contribution is -2.58. The van der Waals surface area contributed by atoms with Crippen molar-refractivity contribution in [3.8, 4) is 0 Å². The lowest BCUT2D eigenvalue weighted by molar-refractivity contribution is -0.162. The van der Waals surface area contributed by atoms with Crippen LogP contribution < -0.4 is 21.3 Å². The Morgan fingerprint density at radius 2 is 1.78 bits per heavy atom. The predicted molar refractivity (Wildman–Crippen MR) is 167 cm³/mol. The van der Waals surface area contributed by atoms with Gasteiger partial charge in [0, 0.05) is 31.6 Å². The van der Waals surface area contributed by atoms with Gasteiger partial charge in [0.1, 0.15) is 18.7 Å². The largest absolute Gasteiger partial charge is 0.445 e. The zero-order valence-electron chi connectivity index (χ0n) is 27.4. The molecule has 0 saturated carbocycles. The third-order valence-corrected chi connectivity index (χ3v) is 7.07. The highest BCUT2D eigenvalue weighted by Crippen LogP contribution is 2.18. The molecule has 0 bridgehead atoms. The summed E-state index contributed by atoms with van der Waals surface area (Å²) in [5.41, 5.74) is 0.148. The molecule has 2 unspecified atom stereocenters. The number of nitrogens with zero attached hydrogens (tertiary/aromatic N) is 1. The highest BCUT2D eigenvalue weighted by Gasteiger charge is 2.34. The Hall–Kier alpha value is -3.97. The summed E-state index contributed by atoms with van der Waals surface area (Å²) in [7, 11) is 2.80. The summed E-state index contributed by atoms with van der Waals surface area (Å²) in [5, 5.41) is 12.0. The molecular weight excluding hydrogens is 582 g/mol. The van der Waals surface area contributed by atoms with Gasteiger partial charge in [-0.3, -0.25) is 24.0 Å². The smallest absolute Gasteiger partial charge is 0.408 e. The summed E-state index contributed by atoms with van der Waals surface area (Å²) in [6.45, 7) is 9.54. The maximum atomic E-state index is 13.6. The molecule has 1 aromatic carbocycles. The maximum absolute atomic E-state index is 13.6. The van der Waals surface area contributed by atoms with Crippen molar-refractivity contribution in [2.45, 2.75) is 96.7 Å². The van der Waals surface area contributed by atoms with Gasteiger partial charge in [-0.05, 0) is 52.5 Å². The first-order chi connectivity index (χ1) is 21.2. The number of nitrogens with one attached hydrogen (secondary N) is 4. The number of hydrogen-bond donors (Lipinski definition) is 4. The second kappa shape index (κ2) is 18.1. The standard InChI is InChI=1S/C32H49N5O8/c1-8-12-25(29(40)34-24(15-16-26(38)37(6)43-7)19-23-17-18-33-28(23)39)35-30(41)27(21(2)45-32(3,4)5)36-31(42)44-20-22-13-10-9-11-14-22/h9-11,13-16,21,23-25,27H,8,12,17-20H2,1-7H3,(H,33,39)(H,34,40)(H,35,41)(H,36,42)/b16-15+/t21?,23?,24-,25+,27+/m1/s1. The maximum Gasteiger partial charge on any atom is 0.408 e. The van der Waals surface area contributed by atoms with Gasteiger partial charge < -0.3 is 30.7 Å². The molecule has 2 rings (SSSR count). The summed E-state index contributed by atoms with van der Waals surface area (Å²) in [6, 6.07) is 6.28. The molecule has 0 spiro atoms. The molecule has 0 radical (unpaired) electrons. The van der Waals surface area contributed by atoms with Crippen molar-refractivity contribution >= 4 is 29.7 Å². The Bertz CT molecular complexity index is 1170. The van der Waals surface area contributed by atoms with E-state index in [4.69, 9.17) is 14.3 Å². The van der Waals surface area contributed by atoms with Crippen LogP contribution in [0.3, 0.4) is 0 Å². The molecule has 1 aromatic rings. The molecule has 0 aliphatic carbocycles. The summed E-state index contributed by atoms with van der Waals surface area (Å²) in [5.74, 6) is -2.05. The molecule has 0 aromatic heterocycles. The van der Waals surface area contributed by atoms with E-state index in [1.54, 1.807) is 6.92 Å². The van der Waals surface area contributed by atoms with E-state index in [0.717, 1.165) is 10.6 Å². The molecule has 45 heavy (non-hydrogen) atoms. The van der Waals surface area contributed by atoms with Crippen LogP contribution in [0.25, 0.3) is 0 Å². The van der Waals surface area contributed by atoms with Crippen LogP contribution in [-0.2, 0) is 40.1 Å². The van der Waals surface area contributed by atoms with Gasteiger partial charge in [-0.2, -0.15) is 0 Å². The van der Waals surface area contributed by atoms with E-state index in [1.807, 2.05) is 58.0 Å². The first-order valence-corrected chi connectivity index (χ1v) is 15.3.